The zero-order valence-corrected chi connectivity index (χ0v) is 17.0. The van der Waals surface area contributed by atoms with Crippen LogP contribution >= 0.6 is 0 Å². The highest BCUT2D eigenvalue weighted by atomic mass is 32.2. The maximum atomic E-state index is 12.5. The largest absolute Gasteiger partial charge is 0.495 e. The Morgan fingerprint density at radius 3 is 2.32 bits per heavy atom. The average Bonchev–Trinajstić information content (AvgIpc) is 2.72. The fourth-order valence-corrected chi connectivity index (χ4v) is 4.06. The molecule has 0 fully saturated rings. The van der Waals surface area contributed by atoms with Crippen molar-refractivity contribution >= 4 is 15.9 Å². The van der Waals surface area contributed by atoms with Crippen molar-refractivity contribution in [1.29, 1.82) is 0 Å². The first-order valence-electron chi connectivity index (χ1n) is 8.94. The van der Waals surface area contributed by atoms with Gasteiger partial charge in [-0.2, -0.15) is 4.31 Å². The van der Waals surface area contributed by atoms with Gasteiger partial charge in [0, 0.05) is 18.7 Å². The molecule has 0 aliphatic rings. The van der Waals surface area contributed by atoms with Crippen LogP contribution in [0.1, 0.15) is 29.8 Å². The lowest BCUT2D eigenvalue weighted by Gasteiger charge is -2.18. The Bertz CT molecular complexity index is 969. The Balaban J connectivity index is 2.02. The Morgan fingerprint density at radius 1 is 1.07 bits per heavy atom. The Kier molecular flexibility index (Phi) is 7.61. The van der Waals surface area contributed by atoms with E-state index in [9.17, 15) is 13.2 Å². The Morgan fingerprint density at radius 2 is 1.71 bits per heavy atom. The molecule has 7 heteroatoms. The molecule has 2 aromatic carbocycles. The van der Waals surface area contributed by atoms with Gasteiger partial charge in [0.2, 0.25) is 10.0 Å². The molecule has 0 aliphatic carbocycles. The summed E-state index contributed by atoms with van der Waals surface area (Å²) in [6.45, 7) is 4.53. The second-order valence-corrected chi connectivity index (χ2v) is 7.74. The zero-order chi connectivity index (χ0) is 20.6. The first-order valence-corrected chi connectivity index (χ1v) is 10.4. The van der Waals surface area contributed by atoms with Gasteiger partial charge in [0.15, 0.2) is 0 Å². The van der Waals surface area contributed by atoms with Gasteiger partial charge < -0.3 is 10.1 Å². The molecule has 28 heavy (non-hydrogen) atoms. The summed E-state index contributed by atoms with van der Waals surface area (Å²) >= 11 is 0. The molecule has 6 nitrogen and oxygen atoms in total. The lowest BCUT2D eigenvalue weighted by molar-refractivity contribution is 0.0958. The third kappa shape index (κ3) is 5.12. The molecule has 0 atom stereocenters. The molecule has 0 saturated carbocycles. The first-order chi connectivity index (χ1) is 13.4. The van der Waals surface area contributed by atoms with Gasteiger partial charge in [0.25, 0.3) is 5.91 Å². The number of rotatable bonds is 7. The number of methoxy groups -OCH3 is 1. The maximum Gasteiger partial charge on any atom is 0.252 e. The van der Waals surface area contributed by atoms with E-state index in [0.29, 0.717) is 24.4 Å². The lowest BCUT2D eigenvalue weighted by atomic mass is 10.2. The van der Waals surface area contributed by atoms with Crippen LogP contribution in [-0.2, 0) is 10.0 Å². The van der Waals surface area contributed by atoms with Gasteiger partial charge in [0.05, 0.1) is 24.1 Å². The summed E-state index contributed by atoms with van der Waals surface area (Å²) in [6.07, 6.45) is 0. The van der Waals surface area contributed by atoms with Crippen LogP contribution in [0, 0.1) is 11.8 Å². The van der Waals surface area contributed by atoms with Crippen molar-refractivity contribution in [3.8, 4) is 17.6 Å². The van der Waals surface area contributed by atoms with Crippen LogP contribution in [0.25, 0.3) is 0 Å². The minimum Gasteiger partial charge on any atom is -0.495 e. The van der Waals surface area contributed by atoms with E-state index in [1.54, 1.807) is 21.0 Å². The number of benzene rings is 2. The van der Waals surface area contributed by atoms with Crippen LogP contribution in [0.15, 0.2) is 53.4 Å². The summed E-state index contributed by atoms with van der Waals surface area (Å²) in [5, 5.41) is 2.70. The zero-order valence-electron chi connectivity index (χ0n) is 16.2. The van der Waals surface area contributed by atoms with Crippen molar-refractivity contribution in [2.45, 2.75) is 18.7 Å². The number of ether oxygens (including phenoxy) is 1. The van der Waals surface area contributed by atoms with Crippen LogP contribution in [0.4, 0.5) is 0 Å². The van der Waals surface area contributed by atoms with E-state index in [1.807, 2.05) is 24.3 Å². The Labute approximate surface area is 166 Å². The fraction of sp³-hybridized carbons (Fsp3) is 0.286. The highest BCUT2D eigenvalue weighted by molar-refractivity contribution is 7.89. The molecule has 0 radical (unpaired) electrons. The molecular weight excluding hydrogens is 376 g/mol. The summed E-state index contributed by atoms with van der Waals surface area (Å²) in [6, 6.07) is 13.3. The van der Waals surface area contributed by atoms with Gasteiger partial charge in [-0.1, -0.05) is 37.8 Å². The number of amides is 1. The normalized spacial score (nSPS) is 10.9. The highest BCUT2D eigenvalue weighted by Crippen LogP contribution is 2.16. The molecule has 1 N–H and O–H groups in total. The van der Waals surface area contributed by atoms with E-state index in [1.165, 1.54) is 28.6 Å². The van der Waals surface area contributed by atoms with E-state index in [4.69, 9.17) is 4.74 Å². The topological polar surface area (TPSA) is 75.7 Å². The molecule has 2 rings (SSSR count). The first kappa shape index (κ1) is 21.5. The number of nitrogens with one attached hydrogen (secondary N) is 1. The summed E-state index contributed by atoms with van der Waals surface area (Å²) < 4.78 is 31.5. The molecule has 0 spiro atoms. The standard InChI is InChI=1S/C21H24N2O4S/c1-4-23(5-2)28(25,26)19-14-12-18(13-15-19)21(24)22-16-8-10-17-9-6-7-11-20(17)27-3/h6-7,9,11-15H,4-5,16H2,1-3H3,(H,22,24). The average molecular weight is 401 g/mol. The SMILES string of the molecule is CCN(CC)S(=O)(=O)c1ccc(C(=O)NCC#Cc2ccccc2OC)cc1. The number of nitrogens with zero attached hydrogens (tertiary/aromatic N) is 1. The van der Waals surface area contributed by atoms with Gasteiger partial charge in [-0.05, 0) is 36.4 Å². The van der Waals surface area contributed by atoms with Crippen molar-refractivity contribution in [2.75, 3.05) is 26.7 Å². The van der Waals surface area contributed by atoms with Crippen molar-refractivity contribution in [3.63, 3.8) is 0 Å². The van der Waals surface area contributed by atoms with Gasteiger partial charge >= 0.3 is 0 Å². The van der Waals surface area contributed by atoms with Crippen LogP contribution in [0.3, 0.4) is 0 Å². The van der Waals surface area contributed by atoms with E-state index >= 15 is 0 Å². The molecule has 0 heterocycles. The molecule has 0 bridgehead atoms. The summed E-state index contributed by atoms with van der Waals surface area (Å²) in [4.78, 5) is 12.4. The number of carbonyl (C=O) groups is 1. The van der Waals surface area contributed by atoms with Crippen LogP contribution in [0.2, 0.25) is 0 Å². The molecular formula is C21H24N2O4S. The third-order valence-corrected chi connectivity index (χ3v) is 6.19. The number of hydrogen-bond donors (Lipinski definition) is 1. The number of sulfonamides is 1. The minimum atomic E-state index is -3.53. The van der Waals surface area contributed by atoms with E-state index in [2.05, 4.69) is 17.2 Å². The Hall–Kier alpha value is -2.82. The third-order valence-electron chi connectivity index (χ3n) is 4.13. The van der Waals surface area contributed by atoms with Gasteiger partial charge in [-0.3, -0.25) is 4.79 Å². The summed E-state index contributed by atoms with van der Waals surface area (Å²) in [5.74, 6) is 6.18. The van der Waals surface area contributed by atoms with Gasteiger partial charge in [0.1, 0.15) is 5.75 Å². The smallest absolute Gasteiger partial charge is 0.252 e. The molecule has 1 amide bonds. The highest BCUT2D eigenvalue weighted by Gasteiger charge is 2.21. The van der Waals surface area contributed by atoms with E-state index in [0.717, 1.165) is 5.56 Å². The van der Waals surface area contributed by atoms with Gasteiger partial charge in [-0.15, -0.1) is 0 Å². The van der Waals surface area contributed by atoms with Crippen LogP contribution in [0.5, 0.6) is 5.75 Å². The quantitative estimate of drug-likeness (QED) is 0.725. The fourth-order valence-electron chi connectivity index (χ4n) is 2.60. The van der Waals surface area contributed by atoms with Crippen molar-refractivity contribution in [2.24, 2.45) is 0 Å². The van der Waals surface area contributed by atoms with Crippen LogP contribution < -0.4 is 10.1 Å². The van der Waals surface area contributed by atoms with Crippen molar-refractivity contribution < 1.29 is 17.9 Å². The number of carbonyl (C=O) groups excluding carboxylic acids is 1. The molecule has 148 valence electrons. The molecule has 0 saturated heterocycles. The van der Waals surface area contributed by atoms with Crippen molar-refractivity contribution in [1.82, 2.24) is 9.62 Å². The lowest BCUT2D eigenvalue weighted by Crippen LogP contribution is -2.30. The molecule has 2 aromatic rings. The molecule has 0 unspecified atom stereocenters. The van der Waals surface area contributed by atoms with Gasteiger partial charge in [-0.25, -0.2) is 8.42 Å². The second-order valence-electron chi connectivity index (χ2n) is 5.80. The summed E-state index contributed by atoms with van der Waals surface area (Å²) in [5.41, 5.74) is 1.11. The van der Waals surface area contributed by atoms with Crippen molar-refractivity contribution in [3.05, 3.63) is 59.7 Å². The predicted molar refractivity (Wildman–Crippen MR) is 109 cm³/mol. The number of para-hydroxylation sites is 1. The van der Waals surface area contributed by atoms with Crippen LogP contribution in [-0.4, -0.2) is 45.4 Å². The van der Waals surface area contributed by atoms with E-state index < -0.39 is 10.0 Å². The number of hydrogen-bond acceptors (Lipinski definition) is 4. The monoisotopic (exact) mass is 400 g/mol. The van der Waals surface area contributed by atoms with E-state index in [-0.39, 0.29) is 17.3 Å². The molecule has 0 aromatic heterocycles. The second kappa shape index (κ2) is 9.93. The maximum absolute atomic E-state index is 12.5. The molecule has 0 aliphatic heterocycles. The minimum absolute atomic E-state index is 0.163. The summed E-state index contributed by atoms with van der Waals surface area (Å²) in [7, 11) is -1.96. The predicted octanol–water partition coefficient (Wildman–Crippen LogP) is 2.51.